The number of hydrogen-bond acceptors (Lipinski definition) is 3. The topological polar surface area (TPSA) is 47.6 Å². The van der Waals surface area contributed by atoms with Gasteiger partial charge in [0.1, 0.15) is 17.2 Å². The first-order chi connectivity index (χ1) is 13.7. The van der Waals surface area contributed by atoms with E-state index in [4.69, 9.17) is 9.47 Å². The van der Waals surface area contributed by atoms with Gasteiger partial charge >= 0.3 is 0 Å². The van der Waals surface area contributed by atoms with Crippen LogP contribution in [0.3, 0.4) is 0 Å². The quantitative estimate of drug-likeness (QED) is 0.446. The second-order valence-electron chi connectivity index (χ2n) is 6.47. The molecule has 1 N–H and O–H groups in total. The van der Waals surface area contributed by atoms with Crippen molar-refractivity contribution < 1.29 is 14.3 Å². The van der Waals surface area contributed by atoms with Crippen molar-refractivity contribution in [2.75, 3.05) is 11.9 Å². The van der Waals surface area contributed by atoms with E-state index in [1.165, 1.54) is 12.8 Å². The van der Waals surface area contributed by atoms with Crippen molar-refractivity contribution in [3.8, 4) is 17.2 Å². The second kappa shape index (κ2) is 10.2. The molecule has 0 unspecified atom stereocenters. The van der Waals surface area contributed by atoms with E-state index in [1.54, 1.807) is 24.3 Å². The average Bonchev–Trinajstić information content (AvgIpc) is 2.74. The van der Waals surface area contributed by atoms with Gasteiger partial charge < -0.3 is 14.8 Å². The second-order valence-corrected chi connectivity index (χ2v) is 6.47. The molecule has 3 aromatic rings. The normalized spacial score (nSPS) is 10.3. The summed E-state index contributed by atoms with van der Waals surface area (Å²) < 4.78 is 11.4. The number of ether oxygens (including phenoxy) is 2. The molecule has 0 aliphatic rings. The van der Waals surface area contributed by atoms with E-state index >= 15 is 0 Å². The standard InChI is InChI=1S/C24H25NO3/c1-2-3-7-18-27-21-16-12-20(13-17-21)25-24(26)19-10-14-23(15-11-19)28-22-8-5-4-6-9-22/h4-6,8-17H,2-3,7,18H2,1H3,(H,25,26). The van der Waals surface area contributed by atoms with Crippen LogP contribution in [-0.2, 0) is 0 Å². The summed E-state index contributed by atoms with van der Waals surface area (Å²) in [7, 11) is 0. The molecule has 0 heterocycles. The van der Waals surface area contributed by atoms with Crippen molar-refractivity contribution in [3.63, 3.8) is 0 Å². The number of nitrogens with one attached hydrogen (secondary N) is 1. The van der Waals surface area contributed by atoms with Crippen LogP contribution < -0.4 is 14.8 Å². The van der Waals surface area contributed by atoms with E-state index < -0.39 is 0 Å². The predicted octanol–water partition coefficient (Wildman–Crippen LogP) is 6.30. The Bertz CT molecular complexity index is 859. The molecule has 28 heavy (non-hydrogen) atoms. The summed E-state index contributed by atoms with van der Waals surface area (Å²) in [4.78, 5) is 12.4. The van der Waals surface area contributed by atoms with E-state index in [-0.39, 0.29) is 5.91 Å². The average molecular weight is 375 g/mol. The zero-order chi connectivity index (χ0) is 19.6. The van der Waals surface area contributed by atoms with E-state index in [0.717, 1.165) is 30.2 Å². The molecule has 0 aliphatic carbocycles. The van der Waals surface area contributed by atoms with Gasteiger partial charge in [0.2, 0.25) is 0 Å². The molecule has 3 rings (SSSR count). The highest BCUT2D eigenvalue weighted by Gasteiger charge is 2.07. The van der Waals surface area contributed by atoms with Crippen LogP contribution in [0, 0.1) is 0 Å². The summed E-state index contributed by atoms with van der Waals surface area (Å²) in [6.45, 7) is 2.89. The van der Waals surface area contributed by atoms with Gasteiger partial charge in [0, 0.05) is 11.3 Å². The van der Waals surface area contributed by atoms with Gasteiger partial charge in [0.05, 0.1) is 6.61 Å². The number of anilines is 1. The number of rotatable bonds is 9. The molecular weight excluding hydrogens is 350 g/mol. The van der Waals surface area contributed by atoms with Crippen molar-refractivity contribution in [2.45, 2.75) is 26.2 Å². The van der Waals surface area contributed by atoms with Crippen LogP contribution in [0.4, 0.5) is 5.69 Å². The third kappa shape index (κ3) is 5.88. The van der Waals surface area contributed by atoms with Crippen molar-refractivity contribution in [2.24, 2.45) is 0 Å². The van der Waals surface area contributed by atoms with Crippen LogP contribution in [0.15, 0.2) is 78.9 Å². The van der Waals surface area contributed by atoms with Crippen molar-refractivity contribution in [1.82, 2.24) is 0 Å². The first kappa shape index (κ1) is 19.5. The minimum absolute atomic E-state index is 0.164. The molecule has 0 radical (unpaired) electrons. The van der Waals surface area contributed by atoms with Crippen molar-refractivity contribution in [1.29, 1.82) is 0 Å². The van der Waals surface area contributed by atoms with Crippen molar-refractivity contribution >= 4 is 11.6 Å². The van der Waals surface area contributed by atoms with Crippen LogP contribution in [0.5, 0.6) is 17.2 Å². The Labute approximate surface area is 166 Å². The fourth-order valence-corrected chi connectivity index (χ4v) is 2.68. The number of hydrogen-bond donors (Lipinski definition) is 1. The lowest BCUT2D eigenvalue weighted by Crippen LogP contribution is -2.11. The molecule has 0 fully saturated rings. The Morgan fingerprint density at radius 2 is 1.43 bits per heavy atom. The smallest absolute Gasteiger partial charge is 0.255 e. The summed E-state index contributed by atoms with van der Waals surface area (Å²) in [5.41, 5.74) is 1.30. The maximum Gasteiger partial charge on any atom is 0.255 e. The lowest BCUT2D eigenvalue weighted by molar-refractivity contribution is 0.102. The molecule has 0 aliphatic heterocycles. The number of benzene rings is 3. The van der Waals surface area contributed by atoms with E-state index in [9.17, 15) is 4.79 Å². The highest BCUT2D eigenvalue weighted by atomic mass is 16.5. The number of carbonyl (C=O) groups is 1. The Morgan fingerprint density at radius 3 is 2.11 bits per heavy atom. The molecule has 0 aromatic heterocycles. The molecule has 144 valence electrons. The van der Waals surface area contributed by atoms with Crippen LogP contribution in [0.2, 0.25) is 0 Å². The summed E-state index contributed by atoms with van der Waals surface area (Å²) in [5.74, 6) is 2.10. The first-order valence-electron chi connectivity index (χ1n) is 9.62. The third-order valence-electron chi connectivity index (χ3n) is 4.22. The Balaban J connectivity index is 1.52. The van der Waals surface area contributed by atoms with E-state index in [0.29, 0.717) is 11.3 Å². The highest BCUT2D eigenvalue weighted by Crippen LogP contribution is 2.22. The Kier molecular flexibility index (Phi) is 7.08. The van der Waals surface area contributed by atoms with Gasteiger partial charge in [-0.25, -0.2) is 0 Å². The fourth-order valence-electron chi connectivity index (χ4n) is 2.68. The van der Waals surface area contributed by atoms with Gasteiger partial charge in [-0.2, -0.15) is 0 Å². The zero-order valence-electron chi connectivity index (χ0n) is 16.1. The van der Waals surface area contributed by atoms with Gasteiger partial charge in [-0.15, -0.1) is 0 Å². The Morgan fingerprint density at radius 1 is 0.786 bits per heavy atom. The van der Waals surface area contributed by atoms with Gasteiger partial charge in [-0.1, -0.05) is 38.0 Å². The number of carbonyl (C=O) groups excluding carboxylic acids is 1. The predicted molar refractivity (Wildman–Crippen MR) is 112 cm³/mol. The maximum atomic E-state index is 12.4. The maximum absolute atomic E-state index is 12.4. The largest absolute Gasteiger partial charge is 0.494 e. The van der Waals surface area contributed by atoms with E-state index in [1.807, 2.05) is 54.6 Å². The van der Waals surface area contributed by atoms with Crippen LogP contribution in [-0.4, -0.2) is 12.5 Å². The molecule has 3 aromatic carbocycles. The minimum Gasteiger partial charge on any atom is -0.494 e. The zero-order valence-corrected chi connectivity index (χ0v) is 16.1. The number of para-hydroxylation sites is 1. The van der Waals surface area contributed by atoms with Crippen molar-refractivity contribution in [3.05, 3.63) is 84.4 Å². The monoisotopic (exact) mass is 375 g/mol. The lowest BCUT2D eigenvalue weighted by atomic mass is 10.2. The molecule has 0 atom stereocenters. The summed E-state index contributed by atoms with van der Waals surface area (Å²) in [5, 5.41) is 2.90. The van der Waals surface area contributed by atoms with Crippen LogP contribution >= 0.6 is 0 Å². The van der Waals surface area contributed by atoms with Gasteiger partial charge in [0.15, 0.2) is 0 Å². The van der Waals surface area contributed by atoms with E-state index in [2.05, 4.69) is 12.2 Å². The van der Waals surface area contributed by atoms with Gasteiger partial charge in [-0.3, -0.25) is 4.79 Å². The molecule has 4 heteroatoms. The molecule has 0 saturated heterocycles. The molecule has 1 amide bonds. The SMILES string of the molecule is CCCCCOc1ccc(NC(=O)c2ccc(Oc3ccccc3)cc2)cc1. The van der Waals surface area contributed by atoms with Crippen LogP contribution in [0.1, 0.15) is 36.5 Å². The van der Waals surface area contributed by atoms with Crippen LogP contribution in [0.25, 0.3) is 0 Å². The summed E-state index contributed by atoms with van der Waals surface area (Å²) in [6, 6.07) is 24.1. The van der Waals surface area contributed by atoms with Gasteiger partial charge in [0.25, 0.3) is 5.91 Å². The highest BCUT2D eigenvalue weighted by molar-refractivity contribution is 6.04. The first-order valence-corrected chi connectivity index (χ1v) is 9.62. The molecule has 4 nitrogen and oxygen atoms in total. The molecule has 0 spiro atoms. The fraction of sp³-hybridized carbons (Fsp3) is 0.208. The number of unbranched alkanes of at least 4 members (excludes halogenated alkanes) is 2. The summed E-state index contributed by atoms with van der Waals surface area (Å²) >= 11 is 0. The minimum atomic E-state index is -0.164. The summed E-state index contributed by atoms with van der Waals surface area (Å²) in [6.07, 6.45) is 3.40. The molecule has 0 bridgehead atoms. The third-order valence-corrected chi connectivity index (χ3v) is 4.22. The molecule has 0 saturated carbocycles. The Hall–Kier alpha value is -3.27. The lowest BCUT2D eigenvalue weighted by Gasteiger charge is -2.09. The number of amides is 1. The van der Waals surface area contributed by atoms with Gasteiger partial charge in [-0.05, 0) is 67.1 Å². The molecular formula is C24H25NO3.